The summed E-state index contributed by atoms with van der Waals surface area (Å²) in [6.07, 6.45) is 1.18. The molecule has 0 spiro atoms. The van der Waals surface area contributed by atoms with Gasteiger partial charge in [0.05, 0.1) is 6.54 Å². The van der Waals surface area contributed by atoms with Crippen LogP contribution >= 0.6 is 24.0 Å². The summed E-state index contributed by atoms with van der Waals surface area (Å²) in [6.45, 7) is 12.1. The molecule has 0 aliphatic carbocycles. The number of aliphatic imine (C=N–C) groups is 1. The third-order valence-corrected chi connectivity index (χ3v) is 5.59. The molecule has 3 rings (SSSR count). The molecule has 0 radical (unpaired) electrons. The normalized spacial score (nSPS) is 20.8. The van der Waals surface area contributed by atoms with Crippen LogP contribution in [-0.4, -0.2) is 85.5 Å². The van der Waals surface area contributed by atoms with Crippen molar-refractivity contribution < 1.29 is 4.79 Å². The molecule has 1 atom stereocenters. The summed E-state index contributed by atoms with van der Waals surface area (Å²) < 4.78 is 0. The Morgan fingerprint density at radius 1 is 1.11 bits per heavy atom. The average Bonchev–Trinajstić information content (AvgIpc) is 3.18. The summed E-state index contributed by atoms with van der Waals surface area (Å²) >= 11 is 0. The Hall–Kier alpha value is -1.35. The Morgan fingerprint density at radius 2 is 1.82 bits per heavy atom. The number of likely N-dealkylation sites (tertiary alicyclic amines) is 1. The Bertz CT molecular complexity index is 631. The third-order valence-electron chi connectivity index (χ3n) is 5.59. The lowest BCUT2D eigenvalue weighted by molar-refractivity contribution is -0.130. The zero-order valence-corrected chi connectivity index (χ0v) is 19.5. The average molecular weight is 499 g/mol. The van der Waals surface area contributed by atoms with Gasteiger partial charge in [-0.05, 0) is 18.9 Å². The molecule has 28 heavy (non-hydrogen) atoms. The molecule has 2 heterocycles. The van der Waals surface area contributed by atoms with E-state index in [1.54, 1.807) is 6.92 Å². The van der Waals surface area contributed by atoms with Crippen molar-refractivity contribution in [3.8, 4) is 0 Å². The highest BCUT2D eigenvalue weighted by atomic mass is 127. The van der Waals surface area contributed by atoms with Crippen LogP contribution in [-0.2, 0) is 4.79 Å². The van der Waals surface area contributed by atoms with Gasteiger partial charge >= 0.3 is 0 Å². The summed E-state index contributed by atoms with van der Waals surface area (Å²) in [5.74, 6) is 1.82. The van der Waals surface area contributed by atoms with E-state index >= 15 is 0 Å². The van der Waals surface area contributed by atoms with Gasteiger partial charge in [0.15, 0.2) is 5.96 Å². The summed E-state index contributed by atoms with van der Waals surface area (Å²) in [6, 6.07) is 10.8. The first-order chi connectivity index (χ1) is 13.2. The largest absolute Gasteiger partial charge is 0.357 e. The molecule has 7 heteroatoms. The maximum absolute atomic E-state index is 11.4. The maximum Gasteiger partial charge on any atom is 0.219 e. The molecule has 2 aliphatic rings. The van der Waals surface area contributed by atoms with E-state index in [-0.39, 0.29) is 29.9 Å². The van der Waals surface area contributed by atoms with Crippen molar-refractivity contribution in [1.82, 2.24) is 20.0 Å². The smallest absolute Gasteiger partial charge is 0.219 e. The van der Waals surface area contributed by atoms with Crippen molar-refractivity contribution in [3.63, 3.8) is 0 Å². The fourth-order valence-electron chi connectivity index (χ4n) is 3.96. The summed E-state index contributed by atoms with van der Waals surface area (Å²) in [4.78, 5) is 23.0. The van der Waals surface area contributed by atoms with Crippen molar-refractivity contribution in [2.45, 2.75) is 26.2 Å². The van der Waals surface area contributed by atoms with E-state index in [4.69, 9.17) is 4.99 Å². The van der Waals surface area contributed by atoms with Crippen molar-refractivity contribution in [2.24, 2.45) is 4.99 Å². The molecule has 0 aromatic heterocycles. The first-order valence-electron chi connectivity index (χ1n) is 10.2. The molecule has 1 aromatic carbocycles. The second-order valence-corrected chi connectivity index (χ2v) is 7.43. The molecule has 0 saturated carbocycles. The molecular weight excluding hydrogens is 465 g/mol. The minimum absolute atomic E-state index is 0. The number of hydrogen-bond donors (Lipinski definition) is 1. The van der Waals surface area contributed by atoms with E-state index < -0.39 is 0 Å². The van der Waals surface area contributed by atoms with Gasteiger partial charge in [-0.15, -0.1) is 24.0 Å². The van der Waals surface area contributed by atoms with Crippen LogP contribution in [0, 0.1) is 0 Å². The highest BCUT2D eigenvalue weighted by molar-refractivity contribution is 14.0. The Morgan fingerprint density at radius 3 is 2.46 bits per heavy atom. The van der Waals surface area contributed by atoms with Crippen LogP contribution in [0.1, 0.15) is 31.7 Å². The lowest BCUT2D eigenvalue weighted by atomic mass is 9.99. The number of carbonyl (C=O) groups excluding carboxylic acids is 1. The van der Waals surface area contributed by atoms with Crippen molar-refractivity contribution >= 4 is 35.8 Å². The van der Waals surface area contributed by atoms with Crippen LogP contribution in [0.5, 0.6) is 0 Å². The number of hydrogen-bond acceptors (Lipinski definition) is 3. The van der Waals surface area contributed by atoms with E-state index in [9.17, 15) is 4.79 Å². The van der Waals surface area contributed by atoms with E-state index in [2.05, 4.69) is 52.4 Å². The number of amides is 1. The Labute approximate surface area is 186 Å². The predicted molar refractivity (Wildman–Crippen MR) is 125 cm³/mol. The molecule has 2 aliphatic heterocycles. The zero-order valence-electron chi connectivity index (χ0n) is 17.1. The molecule has 0 bridgehead atoms. The number of nitrogens with zero attached hydrogens (tertiary/aromatic N) is 4. The lowest BCUT2D eigenvalue weighted by Gasteiger charge is -2.33. The molecule has 2 fully saturated rings. The van der Waals surface area contributed by atoms with Gasteiger partial charge in [0, 0.05) is 65.2 Å². The van der Waals surface area contributed by atoms with Gasteiger partial charge in [0.25, 0.3) is 0 Å². The highest BCUT2D eigenvalue weighted by Gasteiger charge is 2.26. The van der Waals surface area contributed by atoms with Gasteiger partial charge in [-0.3, -0.25) is 14.7 Å². The van der Waals surface area contributed by atoms with Gasteiger partial charge in [-0.2, -0.15) is 0 Å². The highest BCUT2D eigenvalue weighted by Crippen LogP contribution is 2.26. The molecule has 156 valence electrons. The number of nitrogens with one attached hydrogen (secondary N) is 1. The van der Waals surface area contributed by atoms with Crippen LogP contribution in [0.15, 0.2) is 35.3 Å². The topological polar surface area (TPSA) is 51.2 Å². The van der Waals surface area contributed by atoms with Crippen LogP contribution in [0.4, 0.5) is 0 Å². The minimum Gasteiger partial charge on any atom is -0.357 e. The Kier molecular flexibility index (Phi) is 9.50. The minimum atomic E-state index is 0. The Balaban J connectivity index is 0.00000280. The van der Waals surface area contributed by atoms with Gasteiger partial charge in [0.1, 0.15) is 0 Å². The van der Waals surface area contributed by atoms with Crippen molar-refractivity contribution in [2.75, 3.05) is 58.9 Å². The molecule has 1 aromatic rings. The third kappa shape index (κ3) is 6.34. The number of guanidine groups is 1. The predicted octanol–water partition coefficient (Wildman–Crippen LogP) is 2.22. The van der Waals surface area contributed by atoms with Crippen LogP contribution in [0.2, 0.25) is 0 Å². The summed E-state index contributed by atoms with van der Waals surface area (Å²) in [7, 11) is 0. The lowest BCUT2D eigenvalue weighted by Crippen LogP contribution is -2.48. The maximum atomic E-state index is 11.4. The molecule has 2 saturated heterocycles. The fourth-order valence-corrected chi connectivity index (χ4v) is 3.96. The second-order valence-electron chi connectivity index (χ2n) is 7.43. The zero-order chi connectivity index (χ0) is 19.1. The monoisotopic (exact) mass is 499 g/mol. The van der Waals surface area contributed by atoms with Gasteiger partial charge < -0.3 is 15.1 Å². The molecule has 6 nitrogen and oxygen atoms in total. The van der Waals surface area contributed by atoms with E-state index in [1.807, 2.05) is 4.90 Å². The molecule has 1 unspecified atom stereocenters. The number of rotatable bonds is 5. The summed E-state index contributed by atoms with van der Waals surface area (Å²) in [5.41, 5.74) is 1.43. The van der Waals surface area contributed by atoms with Crippen LogP contribution < -0.4 is 5.32 Å². The van der Waals surface area contributed by atoms with E-state index in [0.29, 0.717) is 5.92 Å². The first kappa shape index (κ1) is 22.9. The van der Waals surface area contributed by atoms with Gasteiger partial charge in [-0.25, -0.2) is 0 Å². The van der Waals surface area contributed by atoms with Crippen molar-refractivity contribution in [3.05, 3.63) is 35.9 Å². The first-order valence-corrected chi connectivity index (χ1v) is 10.2. The SMILES string of the molecule is CCNC(=NCCN1CCN(C(C)=O)CC1)N1CCC(c2ccccc2)C1.I. The molecule has 1 amide bonds. The molecular formula is C21H34IN5O. The van der Waals surface area contributed by atoms with E-state index in [0.717, 1.165) is 64.9 Å². The van der Waals surface area contributed by atoms with Crippen LogP contribution in [0.3, 0.4) is 0 Å². The van der Waals surface area contributed by atoms with E-state index in [1.165, 1.54) is 12.0 Å². The number of piperazine rings is 1. The van der Waals surface area contributed by atoms with Crippen LogP contribution in [0.25, 0.3) is 0 Å². The number of carbonyl (C=O) groups is 1. The van der Waals surface area contributed by atoms with Gasteiger partial charge in [0.2, 0.25) is 5.91 Å². The fraction of sp³-hybridized carbons (Fsp3) is 0.619. The number of benzene rings is 1. The number of halogens is 1. The van der Waals surface area contributed by atoms with Crippen molar-refractivity contribution in [1.29, 1.82) is 0 Å². The molecule has 1 N–H and O–H groups in total. The standard InChI is InChI=1S/C21H33N5O.HI/c1-3-22-21(23-10-12-24-13-15-25(16-14-24)18(2)27)26-11-9-20(17-26)19-7-5-4-6-8-19;/h4-8,20H,3,9-17H2,1-2H3,(H,22,23);1H. The quantitative estimate of drug-likeness (QED) is 0.384. The van der Waals surface area contributed by atoms with Gasteiger partial charge in [-0.1, -0.05) is 30.3 Å². The second kappa shape index (κ2) is 11.6. The summed E-state index contributed by atoms with van der Waals surface area (Å²) in [5, 5.41) is 3.46.